The fourth-order valence-corrected chi connectivity index (χ4v) is 1.83. The minimum atomic E-state index is -0.489. The van der Waals surface area contributed by atoms with E-state index in [4.69, 9.17) is 15.9 Å². The normalized spacial score (nSPS) is 10.3. The molecule has 0 fully saturated rings. The van der Waals surface area contributed by atoms with E-state index in [1.807, 2.05) is 18.0 Å². The molecule has 0 unspecified atom stereocenters. The Morgan fingerprint density at radius 3 is 2.78 bits per heavy atom. The van der Waals surface area contributed by atoms with Crippen molar-refractivity contribution in [2.24, 2.45) is 5.73 Å². The van der Waals surface area contributed by atoms with Crippen LogP contribution in [0.1, 0.15) is 15.9 Å². The summed E-state index contributed by atoms with van der Waals surface area (Å²) in [6, 6.07) is 6.99. The van der Waals surface area contributed by atoms with Gasteiger partial charge in [-0.15, -0.1) is 0 Å². The molecule has 0 spiro atoms. The van der Waals surface area contributed by atoms with Crippen LogP contribution in [0.4, 0.5) is 11.4 Å². The van der Waals surface area contributed by atoms with Crippen molar-refractivity contribution in [3.8, 4) is 0 Å². The van der Waals surface area contributed by atoms with Gasteiger partial charge in [-0.05, 0) is 24.3 Å². The number of hydrogen-bond donors (Lipinski definition) is 2. The minimum Gasteiger partial charge on any atom is -0.472 e. The predicted molar refractivity (Wildman–Crippen MR) is 70.2 cm³/mol. The number of nitrogen functional groups attached to an aromatic ring is 1. The number of anilines is 2. The highest BCUT2D eigenvalue weighted by Crippen LogP contribution is 2.23. The standard InChI is InChI=1S/C13H15N3O2/c1-16(7-9-4-5-18-8-9)12-3-2-10(14)6-11(12)13(15)17/h2-6,8H,7,14H2,1H3,(H2,15,17). The van der Waals surface area contributed by atoms with Crippen molar-refractivity contribution in [2.75, 3.05) is 17.7 Å². The second-order valence-corrected chi connectivity index (χ2v) is 4.13. The molecular weight excluding hydrogens is 230 g/mol. The fraction of sp³-hybridized carbons (Fsp3) is 0.154. The van der Waals surface area contributed by atoms with E-state index < -0.39 is 5.91 Å². The lowest BCUT2D eigenvalue weighted by Crippen LogP contribution is -2.22. The molecule has 1 aromatic carbocycles. The average Bonchev–Trinajstić information content (AvgIpc) is 2.81. The highest BCUT2D eigenvalue weighted by molar-refractivity contribution is 5.99. The van der Waals surface area contributed by atoms with E-state index in [9.17, 15) is 4.79 Å². The molecule has 0 bridgehead atoms. The Balaban J connectivity index is 2.29. The lowest BCUT2D eigenvalue weighted by atomic mass is 10.1. The first kappa shape index (κ1) is 12.0. The lowest BCUT2D eigenvalue weighted by molar-refractivity contribution is 0.100. The lowest BCUT2D eigenvalue weighted by Gasteiger charge is -2.21. The number of rotatable bonds is 4. The largest absolute Gasteiger partial charge is 0.472 e. The van der Waals surface area contributed by atoms with Gasteiger partial charge in [-0.2, -0.15) is 0 Å². The maximum absolute atomic E-state index is 11.4. The van der Waals surface area contributed by atoms with Crippen LogP contribution in [-0.2, 0) is 6.54 Å². The van der Waals surface area contributed by atoms with Gasteiger partial charge < -0.3 is 20.8 Å². The third-order valence-corrected chi connectivity index (χ3v) is 2.70. The van der Waals surface area contributed by atoms with Crippen molar-refractivity contribution in [3.63, 3.8) is 0 Å². The maximum Gasteiger partial charge on any atom is 0.250 e. The van der Waals surface area contributed by atoms with Crippen LogP contribution in [-0.4, -0.2) is 13.0 Å². The topological polar surface area (TPSA) is 85.5 Å². The zero-order valence-corrected chi connectivity index (χ0v) is 10.1. The van der Waals surface area contributed by atoms with E-state index in [-0.39, 0.29) is 0 Å². The highest BCUT2D eigenvalue weighted by Gasteiger charge is 2.13. The summed E-state index contributed by atoms with van der Waals surface area (Å²) < 4.78 is 5.01. The van der Waals surface area contributed by atoms with E-state index in [0.717, 1.165) is 11.3 Å². The number of carbonyl (C=O) groups excluding carboxylic acids is 1. The van der Waals surface area contributed by atoms with Crippen molar-refractivity contribution in [3.05, 3.63) is 47.9 Å². The first-order chi connectivity index (χ1) is 8.58. The van der Waals surface area contributed by atoms with Crippen molar-refractivity contribution in [1.29, 1.82) is 0 Å². The quantitative estimate of drug-likeness (QED) is 0.801. The Morgan fingerprint density at radius 1 is 1.39 bits per heavy atom. The molecule has 0 radical (unpaired) electrons. The van der Waals surface area contributed by atoms with Crippen LogP contribution in [0, 0.1) is 0 Å². The third kappa shape index (κ3) is 2.45. The Kier molecular flexibility index (Phi) is 3.23. The summed E-state index contributed by atoms with van der Waals surface area (Å²) in [6.45, 7) is 0.626. The molecule has 2 aromatic rings. The summed E-state index contributed by atoms with van der Waals surface area (Å²) in [7, 11) is 1.88. The number of benzene rings is 1. The smallest absolute Gasteiger partial charge is 0.250 e. The van der Waals surface area contributed by atoms with Crippen LogP contribution in [0.5, 0.6) is 0 Å². The second kappa shape index (κ2) is 4.83. The van der Waals surface area contributed by atoms with Gasteiger partial charge >= 0.3 is 0 Å². The summed E-state index contributed by atoms with van der Waals surface area (Å²) in [6.07, 6.45) is 3.28. The average molecular weight is 245 g/mol. The van der Waals surface area contributed by atoms with Gasteiger partial charge in [0.1, 0.15) is 0 Å². The number of hydrogen-bond acceptors (Lipinski definition) is 4. The van der Waals surface area contributed by atoms with Gasteiger partial charge in [0, 0.05) is 30.5 Å². The van der Waals surface area contributed by atoms with Crippen LogP contribution in [0.15, 0.2) is 41.2 Å². The molecule has 0 atom stereocenters. The Labute approximate surface area is 105 Å². The highest BCUT2D eigenvalue weighted by atomic mass is 16.3. The number of nitrogens with two attached hydrogens (primary N) is 2. The maximum atomic E-state index is 11.4. The first-order valence-corrected chi connectivity index (χ1v) is 5.49. The first-order valence-electron chi connectivity index (χ1n) is 5.49. The molecule has 0 aliphatic heterocycles. The van der Waals surface area contributed by atoms with Crippen molar-refractivity contribution in [2.45, 2.75) is 6.54 Å². The molecule has 1 heterocycles. The Hall–Kier alpha value is -2.43. The molecular formula is C13H15N3O2. The molecule has 1 amide bonds. The molecule has 0 saturated carbocycles. The number of nitrogens with zero attached hydrogens (tertiary/aromatic N) is 1. The molecule has 0 saturated heterocycles. The van der Waals surface area contributed by atoms with Crippen molar-refractivity contribution < 1.29 is 9.21 Å². The van der Waals surface area contributed by atoms with E-state index >= 15 is 0 Å². The third-order valence-electron chi connectivity index (χ3n) is 2.70. The van der Waals surface area contributed by atoms with Gasteiger partial charge in [0.05, 0.1) is 18.1 Å². The van der Waals surface area contributed by atoms with Crippen LogP contribution in [0.2, 0.25) is 0 Å². The number of primary amides is 1. The zero-order valence-electron chi connectivity index (χ0n) is 10.1. The summed E-state index contributed by atoms with van der Waals surface area (Å²) in [5.41, 5.74) is 13.7. The summed E-state index contributed by atoms with van der Waals surface area (Å²) in [4.78, 5) is 13.3. The monoisotopic (exact) mass is 245 g/mol. The second-order valence-electron chi connectivity index (χ2n) is 4.13. The molecule has 0 aliphatic rings. The number of amides is 1. The van der Waals surface area contributed by atoms with Crippen molar-refractivity contribution >= 4 is 17.3 Å². The van der Waals surface area contributed by atoms with Gasteiger partial charge in [0.2, 0.25) is 0 Å². The fourth-order valence-electron chi connectivity index (χ4n) is 1.83. The zero-order chi connectivity index (χ0) is 13.1. The van der Waals surface area contributed by atoms with Crippen molar-refractivity contribution in [1.82, 2.24) is 0 Å². The summed E-state index contributed by atoms with van der Waals surface area (Å²) in [5.74, 6) is -0.489. The van der Waals surface area contributed by atoms with Gasteiger partial charge in [-0.1, -0.05) is 0 Å². The number of carbonyl (C=O) groups is 1. The molecule has 5 heteroatoms. The predicted octanol–water partition coefficient (Wildman–Crippen LogP) is 1.60. The van der Waals surface area contributed by atoms with Gasteiger partial charge in [-0.3, -0.25) is 4.79 Å². The van der Waals surface area contributed by atoms with E-state index in [0.29, 0.717) is 17.8 Å². The number of furan rings is 1. The molecule has 0 aliphatic carbocycles. The minimum absolute atomic E-state index is 0.418. The molecule has 2 rings (SSSR count). The Bertz CT molecular complexity index is 549. The van der Waals surface area contributed by atoms with E-state index in [2.05, 4.69) is 0 Å². The van der Waals surface area contributed by atoms with Gasteiger partial charge in [0.25, 0.3) is 5.91 Å². The van der Waals surface area contributed by atoms with E-state index in [1.54, 1.807) is 30.7 Å². The van der Waals surface area contributed by atoms with Crippen LogP contribution in [0.25, 0.3) is 0 Å². The van der Waals surface area contributed by atoms with Crippen LogP contribution >= 0.6 is 0 Å². The van der Waals surface area contributed by atoms with Crippen LogP contribution < -0.4 is 16.4 Å². The van der Waals surface area contributed by atoms with Gasteiger partial charge in [0.15, 0.2) is 0 Å². The van der Waals surface area contributed by atoms with Gasteiger partial charge in [-0.25, -0.2) is 0 Å². The molecule has 18 heavy (non-hydrogen) atoms. The molecule has 1 aromatic heterocycles. The SMILES string of the molecule is CN(Cc1ccoc1)c1ccc(N)cc1C(N)=O. The summed E-state index contributed by atoms with van der Waals surface area (Å²) in [5, 5.41) is 0. The Morgan fingerprint density at radius 2 is 2.17 bits per heavy atom. The van der Waals surface area contributed by atoms with E-state index in [1.165, 1.54) is 0 Å². The molecule has 5 nitrogen and oxygen atoms in total. The molecule has 94 valence electrons. The molecule has 4 N–H and O–H groups in total. The summed E-state index contributed by atoms with van der Waals surface area (Å²) >= 11 is 0. The van der Waals surface area contributed by atoms with Crippen LogP contribution in [0.3, 0.4) is 0 Å².